The van der Waals surface area contributed by atoms with Crippen LogP contribution in [-0.2, 0) is 13.0 Å². The monoisotopic (exact) mass is 319 g/mol. The standard InChI is InChI=1S/C16H21N3S2/c1-6-14-16(17-7-1)19(11-13-5-3-9-21-13)15(18-14)10-12-4-2-8-20-12/h1,6-7,12-13H,2-5,8-11H2. The highest BCUT2D eigenvalue weighted by molar-refractivity contribution is 8.00. The number of hydrogen-bond donors (Lipinski definition) is 0. The van der Waals surface area contributed by atoms with Gasteiger partial charge in [0.2, 0.25) is 0 Å². The molecule has 2 unspecified atom stereocenters. The van der Waals surface area contributed by atoms with Gasteiger partial charge in [0.1, 0.15) is 11.3 Å². The first-order valence-corrected chi connectivity index (χ1v) is 10.0. The van der Waals surface area contributed by atoms with Crippen LogP contribution in [0.1, 0.15) is 31.5 Å². The van der Waals surface area contributed by atoms with Gasteiger partial charge in [0.25, 0.3) is 0 Å². The van der Waals surface area contributed by atoms with E-state index >= 15 is 0 Å². The Hall–Kier alpha value is -0.680. The van der Waals surface area contributed by atoms with Crippen LogP contribution < -0.4 is 0 Å². The number of hydrogen-bond acceptors (Lipinski definition) is 4. The summed E-state index contributed by atoms with van der Waals surface area (Å²) in [4.78, 5) is 9.50. The maximum absolute atomic E-state index is 4.90. The smallest absolute Gasteiger partial charge is 0.160 e. The number of rotatable bonds is 4. The molecule has 2 saturated heterocycles. The van der Waals surface area contributed by atoms with Crippen molar-refractivity contribution >= 4 is 34.7 Å². The minimum absolute atomic E-state index is 0.749. The van der Waals surface area contributed by atoms with E-state index < -0.39 is 0 Å². The average Bonchev–Trinajstić information content (AvgIpc) is 3.23. The molecule has 2 aliphatic rings. The fourth-order valence-electron chi connectivity index (χ4n) is 3.35. The molecule has 21 heavy (non-hydrogen) atoms. The summed E-state index contributed by atoms with van der Waals surface area (Å²) in [5.74, 6) is 3.90. The molecule has 2 aromatic rings. The van der Waals surface area contributed by atoms with Gasteiger partial charge in [-0.1, -0.05) is 0 Å². The minimum atomic E-state index is 0.749. The van der Waals surface area contributed by atoms with Gasteiger partial charge in [0.15, 0.2) is 5.65 Å². The van der Waals surface area contributed by atoms with Gasteiger partial charge >= 0.3 is 0 Å². The van der Waals surface area contributed by atoms with Gasteiger partial charge in [0.05, 0.1) is 0 Å². The largest absolute Gasteiger partial charge is 0.312 e. The summed E-state index contributed by atoms with van der Waals surface area (Å²) in [6.07, 6.45) is 8.43. The van der Waals surface area contributed by atoms with Crippen LogP contribution in [0.2, 0.25) is 0 Å². The van der Waals surface area contributed by atoms with Gasteiger partial charge in [0, 0.05) is 29.7 Å². The molecule has 2 fully saturated rings. The third-order valence-electron chi connectivity index (χ3n) is 4.43. The first kappa shape index (κ1) is 13.9. The summed E-state index contributed by atoms with van der Waals surface area (Å²) in [7, 11) is 0. The topological polar surface area (TPSA) is 30.7 Å². The van der Waals surface area contributed by atoms with Gasteiger partial charge in [-0.05, 0) is 49.3 Å². The molecule has 0 bridgehead atoms. The predicted molar refractivity (Wildman–Crippen MR) is 92.2 cm³/mol. The lowest BCUT2D eigenvalue weighted by atomic mass is 10.2. The second-order valence-corrected chi connectivity index (χ2v) is 8.78. The Morgan fingerprint density at radius 2 is 1.95 bits per heavy atom. The zero-order chi connectivity index (χ0) is 14.1. The summed E-state index contributed by atoms with van der Waals surface area (Å²) in [5.41, 5.74) is 2.15. The summed E-state index contributed by atoms with van der Waals surface area (Å²) < 4.78 is 2.41. The Morgan fingerprint density at radius 3 is 2.71 bits per heavy atom. The van der Waals surface area contributed by atoms with E-state index in [2.05, 4.69) is 39.1 Å². The Bertz CT molecular complexity index is 613. The zero-order valence-corrected chi connectivity index (χ0v) is 13.8. The predicted octanol–water partition coefficient (Wildman–Crippen LogP) is 3.77. The molecule has 0 saturated carbocycles. The van der Waals surface area contributed by atoms with Crippen molar-refractivity contribution in [2.24, 2.45) is 0 Å². The van der Waals surface area contributed by atoms with E-state index in [1.807, 2.05) is 12.3 Å². The van der Waals surface area contributed by atoms with Crippen molar-refractivity contribution in [1.82, 2.24) is 14.5 Å². The molecular formula is C16H21N3S2. The van der Waals surface area contributed by atoms with E-state index in [0.29, 0.717) is 0 Å². The molecule has 5 heteroatoms. The van der Waals surface area contributed by atoms with Gasteiger partial charge in [-0.25, -0.2) is 9.97 Å². The highest BCUT2D eigenvalue weighted by Crippen LogP contribution is 2.32. The molecular weight excluding hydrogens is 298 g/mol. The van der Waals surface area contributed by atoms with Crippen LogP contribution >= 0.6 is 23.5 Å². The summed E-state index contributed by atoms with van der Waals surface area (Å²) in [5, 5.41) is 1.51. The molecule has 112 valence electrons. The van der Waals surface area contributed by atoms with E-state index in [-0.39, 0.29) is 0 Å². The molecule has 3 nitrogen and oxygen atoms in total. The van der Waals surface area contributed by atoms with Crippen LogP contribution in [0.25, 0.3) is 11.2 Å². The first-order valence-electron chi connectivity index (χ1n) is 7.93. The molecule has 0 amide bonds. The molecule has 4 rings (SSSR count). The molecule has 2 atom stereocenters. The van der Waals surface area contributed by atoms with Gasteiger partial charge in [-0.3, -0.25) is 0 Å². The van der Waals surface area contributed by atoms with Gasteiger partial charge in [-0.2, -0.15) is 23.5 Å². The average molecular weight is 319 g/mol. The lowest BCUT2D eigenvalue weighted by Gasteiger charge is -2.15. The molecule has 0 aromatic carbocycles. The van der Waals surface area contributed by atoms with Crippen molar-refractivity contribution in [3.05, 3.63) is 24.2 Å². The summed E-state index contributed by atoms with van der Waals surface area (Å²) in [6, 6.07) is 4.10. The van der Waals surface area contributed by atoms with E-state index in [4.69, 9.17) is 4.98 Å². The number of aromatic nitrogens is 3. The number of imidazole rings is 1. The lowest BCUT2D eigenvalue weighted by molar-refractivity contribution is 0.609. The van der Waals surface area contributed by atoms with Gasteiger partial charge in [-0.15, -0.1) is 0 Å². The van der Waals surface area contributed by atoms with Crippen LogP contribution in [0.5, 0.6) is 0 Å². The van der Waals surface area contributed by atoms with E-state index in [9.17, 15) is 0 Å². The van der Waals surface area contributed by atoms with Crippen LogP contribution in [-0.4, -0.2) is 36.5 Å². The van der Waals surface area contributed by atoms with Crippen LogP contribution in [0, 0.1) is 0 Å². The Balaban J connectivity index is 1.65. The fourth-order valence-corrected chi connectivity index (χ4v) is 5.88. The first-order chi connectivity index (χ1) is 10.4. The van der Waals surface area contributed by atoms with Crippen LogP contribution in [0.15, 0.2) is 18.3 Å². The highest BCUT2D eigenvalue weighted by Gasteiger charge is 2.23. The number of fused-ring (bicyclic) bond motifs is 1. The molecule has 0 aliphatic carbocycles. The second kappa shape index (κ2) is 6.21. The molecule has 0 N–H and O–H groups in total. The van der Waals surface area contributed by atoms with Crippen LogP contribution in [0.4, 0.5) is 0 Å². The second-order valence-electron chi connectivity index (χ2n) is 5.96. The van der Waals surface area contributed by atoms with Gasteiger partial charge < -0.3 is 4.57 Å². The minimum Gasteiger partial charge on any atom is -0.312 e. The number of thioether (sulfide) groups is 2. The molecule has 4 heterocycles. The maximum atomic E-state index is 4.90. The van der Waals surface area contributed by atoms with Crippen molar-refractivity contribution in [1.29, 1.82) is 0 Å². The number of nitrogens with zero attached hydrogens (tertiary/aromatic N) is 3. The Kier molecular flexibility index (Phi) is 4.12. The Morgan fingerprint density at radius 1 is 1.14 bits per heavy atom. The molecule has 2 aromatic heterocycles. The summed E-state index contributed by atoms with van der Waals surface area (Å²) >= 11 is 4.24. The quantitative estimate of drug-likeness (QED) is 0.858. The number of pyridine rings is 1. The molecule has 0 radical (unpaired) electrons. The zero-order valence-electron chi connectivity index (χ0n) is 12.2. The molecule has 0 spiro atoms. The van der Waals surface area contributed by atoms with E-state index in [0.717, 1.165) is 34.6 Å². The SMILES string of the molecule is c1cnc2c(c1)nc(CC1CCCS1)n2CC1CCCS1. The lowest BCUT2D eigenvalue weighted by Crippen LogP contribution is -2.16. The molecule has 2 aliphatic heterocycles. The van der Waals surface area contributed by atoms with E-state index in [1.165, 1.54) is 43.0 Å². The van der Waals surface area contributed by atoms with Crippen molar-refractivity contribution in [2.45, 2.75) is 49.1 Å². The van der Waals surface area contributed by atoms with Crippen LogP contribution in [0.3, 0.4) is 0 Å². The fraction of sp³-hybridized carbons (Fsp3) is 0.625. The third-order valence-corrected chi connectivity index (χ3v) is 7.21. The highest BCUT2D eigenvalue weighted by atomic mass is 32.2. The van der Waals surface area contributed by atoms with E-state index in [1.54, 1.807) is 0 Å². The van der Waals surface area contributed by atoms with Crippen molar-refractivity contribution in [3.8, 4) is 0 Å². The van der Waals surface area contributed by atoms with Crippen molar-refractivity contribution in [2.75, 3.05) is 11.5 Å². The summed E-state index contributed by atoms with van der Waals surface area (Å²) in [6.45, 7) is 1.09. The normalized spacial score (nSPS) is 25.9. The van der Waals surface area contributed by atoms with Crippen molar-refractivity contribution in [3.63, 3.8) is 0 Å². The Labute approximate surface area is 134 Å². The third kappa shape index (κ3) is 2.95. The van der Waals surface area contributed by atoms with Crippen molar-refractivity contribution < 1.29 is 0 Å². The maximum Gasteiger partial charge on any atom is 0.160 e.